The zero-order valence-corrected chi connectivity index (χ0v) is 11.2. The Morgan fingerprint density at radius 3 is 2.42 bits per heavy atom. The summed E-state index contributed by atoms with van der Waals surface area (Å²) in [5, 5.41) is 0. The molecule has 1 rings (SSSR count). The summed E-state index contributed by atoms with van der Waals surface area (Å²) >= 11 is 0. The van der Waals surface area contributed by atoms with Gasteiger partial charge in [0.15, 0.2) is 0 Å². The number of benzene rings is 1. The van der Waals surface area contributed by atoms with Crippen LogP contribution in [0, 0.1) is 0 Å². The summed E-state index contributed by atoms with van der Waals surface area (Å²) in [6.07, 6.45) is -5.16. The Bertz CT molecular complexity index is 528. The third-order valence-corrected chi connectivity index (χ3v) is 3.93. The van der Waals surface area contributed by atoms with Crippen LogP contribution in [0.4, 0.5) is 13.2 Å². The number of methoxy groups -OCH3 is 1. The maximum Gasteiger partial charge on any atom is 0.417 e. The summed E-state index contributed by atoms with van der Waals surface area (Å²) in [7, 11) is -2.85. The van der Waals surface area contributed by atoms with Gasteiger partial charge >= 0.3 is 6.18 Å². The van der Waals surface area contributed by atoms with E-state index in [0.717, 1.165) is 18.2 Å². The van der Waals surface area contributed by atoms with Gasteiger partial charge in [0.25, 0.3) is 0 Å². The zero-order valence-electron chi connectivity index (χ0n) is 10.4. The Morgan fingerprint density at radius 1 is 1.32 bits per heavy atom. The summed E-state index contributed by atoms with van der Waals surface area (Å²) in [5.41, 5.74) is -1.19. The van der Waals surface area contributed by atoms with Crippen molar-refractivity contribution in [1.82, 2.24) is 4.72 Å². The number of rotatable bonds is 5. The van der Waals surface area contributed by atoms with Gasteiger partial charge in [-0.2, -0.15) is 13.2 Å². The first kappa shape index (κ1) is 15.9. The van der Waals surface area contributed by atoms with Crippen LogP contribution in [-0.2, 0) is 20.9 Å². The van der Waals surface area contributed by atoms with E-state index in [1.165, 1.54) is 13.2 Å². The minimum atomic E-state index is -4.72. The Kier molecular flexibility index (Phi) is 4.94. The number of nitrogens with one attached hydrogen (secondary N) is 1. The summed E-state index contributed by atoms with van der Waals surface area (Å²) in [4.78, 5) is -0.786. The van der Waals surface area contributed by atoms with Crippen LogP contribution in [0.1, 0.15) is 12.5 Å². The Morgan fingerprint density at radius 2 is 1.89 bits per heavy atom. The molecular weight excluding hydrogens is 283 g/mol. The van der Waals surface area contributed by atoms with Crippen molar-refractivity contribution in [2.45, 2.75) is 24.1 Å². The van der Waals surface area contributed by atoms with Gasteiger partial charge in [0.05, 0.1) is 16.6 Å². The maximum absolute atomic E-state index is 12.7. The van der Waals surface area contributed by atoms with Gasteiger partial charge in [0, 0.05) is 13.7 Å². The highest BCUT2D eigenvalue weighted by molar-refractivity contribution is 7.89. The van der Waals surface area contributed by atoms with Crippen molar-refractivity contribution in [1.29, 1.82) is 0 Å². The normalized spacial score (nSPS) is 14.4. The highest BCUT2D eigenvalue weighted by Gasteiger charge is 2.36. The molecule has 1 aromatic carbocycles. The van der Waals surface area contributed by atoms with Crippen molar-refractivity contribution < 1.29 is 26.3 Å². The van der Waals surface area contributed by atoms with Crippen LogP contribution in [0.5, 0.6) is 0 Å². The lowest BCUT2D eigenvalue weighted by atomic mass is 10.2. The number of alkyl halides is 3. The number of sulfonamides is 1. The predicted molar refractivity (Wildman–Crippen MR) is 63.1 cm³/mol. The van der Waals surface area contributed by atoms with E-state index in [1.54, 1.807) is 6.92 Å². The zero-order chi connectivity index (χ0) is 14.7. The maximum atomic E-state index is 12.7. The van der Waals surface area contributed by atoms with Crippen LogP contribution in [0.15, 0.2) is 29.2 Å². The van der Waals surface area contributed by atoms with Crippen molar-refractivity contribution in [2.24, 2.45) is 0 Å². The smallest absolute Gasteiger partial charge is 0.380 e. The standard InChI is InChI=1S/C11H14F3NO3S/c1-8(18-2)7-15-19(16,17)10-6-4-3-5-9(10)11(12,13)14/h3-6,8,15H,7H2,1-2H3. The van der Waals surface area contributed by atoms with E-state index in [9.17, 15) is 21.6 Å². The van der Waals surface area contributed by atoms with E-state index in [4.69, 9.17) is 4.74 Å². The number of hydrogen-bond donors (Lipinski definition) is 1. The van der Waals surface area contributed by atoms with Crippen LogP contribution < -0.4 is 4.72 Å². The highest BCUT2D eigenvalue weighted by Crippen LogP contribution is 2.33. The number of halogens is 3. The fraction of sp³-hybridized carbons (Fsp3) is 0.455. The van der Waals surface area contributed by atoms with Crippen LogP contribution in [0.2, 0.25) is 0 Å². The molecule has 0 aliphatic rings. The molecule has 4 nitrogen and oxygen atoms in total. The summed E-state index contributed by atoms with van der Waals surface area (Å²) < 4.78 is 68.8. The quantitative estimate of drug-likeness (QED) is 0.904. The second kappa shape index (κ2) is 5.89. The van der Waals surface area contributed by atoms with E-state index in [-0.39, 0.29) is 6.54 Å². The molecular formula is C11H14F3NO3S. The van der Waals surface area contributed by atoms with E-state index in [2.05, 4.69) is 4.72 Å². The van der Waals surface area contributed by atoms with E-state index < -0.39 is 32.8 Å². The van der Waals surface area contributed by atoms with Crippen molar-refractivity contribution in [3.05, 3.63) is 29.8 Å². The molecule has 1 atom stereocenters. The SMILES string of the molecule is COC(C)CNS(=O)(=O)c1ccccc1C(F)(F)F. The predicted octanol–water partition coefficient (Wildman–Crippen LogP) is 2.02. The van der Waals surface area contributed by atoms with Crippen molar-refractivity contribution in [3.8, 4) is 0 Å². The highest BCUT2D eigenvalue weighted by atomic mass is 32.2. The lowest BCUT2D eigenvalue weighted by Gasteiger charge is -2.15. The average Bonchev–Trinajstić information content (AvgIpc) is 2.35. The molecule has 0 amide bonds. The van der Waals surface area contributed by atoms with Gasteiger partial charge in [-0.05, 0) is 19.1 Å². The van der Waals surface area contributed by atoms with Crippen LogP contribution >= 0.6 is 0 Å². The second-order valence-electron chi connectivity index (χ2n) is 3.89. The van der Waals surface area contributed by atoms with Crippen molar-refractivity contribution in [2.75, 3.05) is 13.7 Å². The van der Waals surface area contributed by atoms with E-state index >= 15 is 0 Å². The lowest BCUT2D eigenvalue weighted by molar-refractivity contribution is -0.139. The summed E-state index contributed by atoms with van der Waals surface area (Å²) in [6, 6.07) is 4.03. The molecule has 0 radical (unpaired) electrons. The molecule has 0 fully saturated rings. The van der Waals surface area contributed by atoms with Crippen LogP contribution in [0.3, 0.4) is 0 Å². The van der Waals surface area contributed by atoms with E-state index in [0.29, 0.717) is 0 Å². The van der Waals surface area contributed by atoms with Gasteiger partial charge in [-0.25, -0.2) is 13.1 Å². The number of ether oxygens (including phenoxy) is 1. The van der Waals surface area contributed by atoms with Gasteiger partial charge in [-0.1, -0.05) is 12.1 Å². The molecule has 0 heterocycles. The third-order valence-electron chi connectivity index (χ3n) is 2.45. The van der Waals surface area contributed by atoms with E-state index in [1.807, 2.05) is 0 Å². The molecule has 0 aliphatic heterocycles. The molecule has 1 N–H and O–H groups in total. The molecule has 8 heteroatoms. The van der Waals surface area contributed by atoms with Crippen LogP contribution in [-0.4, -0.2) is 28.2 Å². The molecule has 0 saturated carbocycles. The largest absolute Gasteiger partial charge is 0.417 e. The molecule has 1 unspecified atom stereocenters. The van der Waals surface area contributed by atoms with Gasteiger partial charge in [-0.15, -0.1) is 0 Å². The topological polar surface area (TPSA) is 55.4 Å². The fourth-order valence-electron chi connectivity index (χ4n) is 1.32. The Balaban J connectivity index is 3.09. The van der Waals surface area contributed by atoms with Crippen LogP contribution in [0.25, 0.3) is 0 Å². The molecule has 0 spiro atoms. The lowest BCUT2D eigenvalue weighted by Crippen LogP contribution is -2.32. The van der Waals surface area contributed by atoms with Crippen molar-refractivity contribution >= 4 is 10.0 Å². The molecule has 1 aromatic rings. The number of hydrogen-bond acceptors (Lipinski definition) is 3. The average molecular weight is 297 g/mol. The first-order valence-electron chi connectivity index (χ1n) is 5.37. The Hall–Kier alpha value is -1.12. The fourth-order valence-corrected chi connectivity index (χ4v) is 2.66. The third kappa shape index (κ3) is 4.19. The first-order chi connectivity index (χ1) is 8.68. The summed E-state index contributed by atoms with van der Waals surface area (Å²) in [5.74, 6) is 0. The first-order valence-corrected chi connectivity index (χ1v) is 6.85. The molecule has 0 saturated heterocycles. The summed E-state index contributed by atoms with van der Waals surface area (Å²) in [6.45, 7) is 1.49. The molecule has 19 heavy (non-hydrogen) atoms. The second-order valence-corrected chi connectivity index (χ2v) is 5.63. The monoisotopic (exact) mass is 297 g/mol. The van der Waals surface area contributed by atoms with Gasteiger partial charge in [0.1, 0.15) is 0 Å². The minimum absolute atomic E-state index is 0.106. The van der Waals surface area contributed by atoms with Gasteiger partial charge in [-0.3, -0.25) is 0 Å². The minimum Gasteiger partial charge on any atom is -0.380 e. The molecule has 0 aliphatic carbocycles. The van der Waals surface area contributed by atoms with Gasteiger partial charge < -0.3 is 4.74 Å². The molecule has 0 bridgehead atoms. The molecule has 0 aromatic heterocycles. The Labute approximate surface area is 109 Å². The van der Waals surface area contributed by atoms with Gasteiger partial charge in [0.2, 0.25) is 10.0 Å². The molecule has 108 valence electrons. The van der Waals surface area contributed by atoms with Crippen molar-refractivity contribution in [3.63, 3.8) is 0 Å².